The van der Waals surface area contributed by atoms with Gasteiger partial charge in [0.2, 0.25) is 0 Å². The van der Waals surface area contributed by atoms with Gasteiger partial charge < -0.3 is 10.1 Å². The molecule has 0 saturated carbocycles. The molecule has 3 rings (SSSR count). The monoisotopic (exact) mass is 391 g/mol. The molecule has 28 heavy (non-hydrogen) atoms. The van der Waals surface area contributed by atoms with Crippen molar-refractivity contribution in [2.45, 2.75) is 6.18 Å². The molecule has 0 aliphatic carbocycles. The van der Waals surface area contributed by atoms with E-state index in [2.05, 4.69) is 20.8 Å². The van der Waals surface area contributed by atoms with Crippen molar-refractivity contribution in [1.82, 2.24) is 20.2 Å². The minimum atomic E-state index is -4.46. The van der Waals surface area contributed by atoms with Crippen LogP contribution in [0.2, 0.25) is 0 Å². The number of esters is 1. The molecule has 0 saturated heterocycles. The lowest BCUT2D eigenvalue weighted by atomic mass is 10.2. The zero-order chi connectivity index (χ0) is 20.1. The van der Waals surface area contributed by atoms with Gasteiger partial charge in [-0.1, -0.05) is 0 Å². The highest BCUT2D eigenvalue weighted by molar-refractivity contribution is 5.95. The average Bonchev–Trinajstić information content (AvgIpc) is 3.21. The van der Waals surface area contributed by atoms with E-state index >= 15 is 0 Å². The van der Waals surface area contributed by atoms with Crippen molar-refractivity contribution in [2.75, 3.05) is 11.9 Å². The number of carbonyl (C=O) groups excluding carboxylic acids is 2. The number of amides is 1. The van der Waals surface area contributed by atoms with E-state index in [4.69, 9.17) is 4.74 Å². The van der Waals surface area contributed by atoms with Gasteiger partial charge in [-0.05, 0) is 59.0 Å². The third-order valence-electron chi connectivity index (χ3n) is 3.55. The van der Waals surface area contributed by atoms with Crippen LogP contribution in [-0.2, 0) is 15.7 Å². The number of carbonyl (C=O) groups is 2. The molecule has 1 amide bonds. The second-order valence-electron chi connectivity index (χ2n) is 5.50. The molecular weight excluding hydrogens is 379 g/mol. The van der Waals surface area contributed by atoms with Crippen molar-refractivity contribution in [1.29, 1.82) is 0 Å². The lowest BCUT2D eigenvalue weighted by molar-refractivity contribution is -0.137. The zero-order valence-corrected chi connectivity index (χ0v) is 14.1. The summed E-state index contributed by atoms with van der Waals surface area (Å²) in [7, 11) is 0. The summed E-state index contributed by atoms with van der Waals surface area (Å²) < 4.78 is 43.8. The van der Waals surface area contributed by atoms with Crippen LogP contribution in [-0.4, -0.2) is 38.7 Å². The number of halogens is 3. The van der Waals surface area contributed by atoms with E-state index in [9.17, 15) is 22.8 Å². The first-order valence-electron chi connectivity index (χ1n) is 7.80. The lowest BCUT2D eigenvalue weighted by Gasteiger charge is -2.09. The normalized spacial score (nSPS) is 11.1. The van der Waals surface area contributed by atoms with Gasteiger partial charge in [-0.3, -0.25) is 4.79 Å². The Kier molecular flexibility index (Phi) is 5.34. The Hall–Kier alpha value is -3.76. The molecule has 0 aliphatic rings. The van der Waals surface area contributed by atoms with E-state index in [1.54, 1.807) is 12.1 Å². The first-order chi connectivity index (χ1) is 13.3. The molecule has 0 radical (unpaired) electrons. The molecule has 1 aromatic heterocycles. The van der Waals surface area contributed by atoms with E-state index in [1.165, 1.54) is 23.1 Å². The van der Waals surface area contributed by atoms with E-state index in [-0.39, 0.29) is 11.3 Å². The highest BCUT2D eigenvalue weighted by atomic mass is 19.4. The molecule has 0 spiro atoms. The van der Waals surface area contributed by atoms with E-state index in [0.29, 0.717) is 5.69 Å². The van der Waals surface area contributed by atoms with Crippen LogP contribution in [0, 0.1) is 0 Å². The SMILES string of the molecule is O=C(COC(=O)c1ccc(-n2cnnn2)cc1)Nc1ccc(C(F)(F)F)cc1. The fourth-order valence-electron chi connectivity index (χ4n) is 2.18. The third-order valence-corrected chi connectivity index (χ3v) is 3.55. The van der Waals surface area contributed by atoms with E-state index in [0.717, 1.165) is 24.3 Å². The van der Waals surface area contributed by atoms with Crippen molar-refractivity contribution in [3.8, 4) is 5.69 Å². The standard InChI is InChI=1S/C17H12F3N5O3/c18-17(19,20)12-3-5-13(6-4-12)22-15(26)9-28-16(27)11-1-7-14(8-2-11)25-10-21-23-24-25/h1-8,10H,9H2,(H,22,26). The van der Waals surface area contributed by atoms with Crippen LogP contribution >= 0.6 is 0 Å². The van der Waals surface area contributed by atoms with Gasteiger partial charge in [-0.25, -0.2) is 9.48 Å². The second kappa shape index (κ2) is 7.86. The molecule has 3 aromatic rings. The first kappa shape index (κ1) is 19.0. The third kappa shape index (κ3) is 4.69. The first-order valence-corrected chi connectivity index (χ1v) is 7.80. The Morgan fingerprint density at radius 3 is 2.29 bits per heavy atom. The molecule has 1 N–H and O–H groups in total. The maximum atomic E-state index is 12.5. The average molecular weight is 391 g/mol. The van der Waals surface area contributed by atoms with Gasteiger partial charge in [0.05, 0.1) is 16.8 Å². The number of hydrogen-bond donors (Lipinski definition) is 1. The largest absolute Gasteiger partial charge is 0.452 e. The maximum absolute atomic E-state index is 12.5. The number of benzene rings is 2. The van der Waals surface area contributed by atoms with Gasteiger partial charge in [0, 0.05) is 5.69 Å². The molecule has 2 aromatic carbocycles. The van der Waals surface area contributed by atoms with E-state index in [1.807, 2.05) is 0 Å². The second-order valence-corrected chi connectivity index (χ2v) is 5.50. The Bertz CT molecular complexity index is 955. The molecule has 0 aliphatic heterocycles. The van der Waals surface area contributed by atoms with Crippen LogP contribution in [0.4, 0.5) is 18.9 Å². The van der Waals surface area contributed by atoms with Crippen molar-refractivity contribution in [3.63, 3.8) is 0 Å². The quantitative estimate of drug-likeness (QED) is 0.671. The van der Waals surface area contributed by atoms with Crippen molar-refractivity contribution < 1.29 is 27.5 Å². The molecule has 0 fully saturated rings. The molecule has 0 bridgehead atoms. The number of nitrogens with one attached hydrogen (secondary N) is 1. The van der Waals surface area contributed by atoms with Gasteiger partial charge >= 0.3 is 12.1 Å². The highest BCUT2D eigenvalue weighted by Gasteiger charge is 2.30. The van der Waals surface area contributed by atoms with Crippen molar-refractivity contribution >= 4 is 17.6 Å². The summed E-state index contributed by atoms with van der Waals surface area (Å²) in [6, 6.07) is 10.0. The fraction of sp³-hybridized carbons (Fsp3) is 0.118. The van der Waals surface area contributed by atoms with Gasteiger partial charge in [0.15, 0.2) is 6.61 Å². The number of aromatic nitrogens is 4. The number of tetrazole rings is 1. The summed E-state index contributed by atoms with van der Waals surface area (Å²) in [6.45, 7) is -0.589. The maximum Gasteiger partial charge on any atom is 0.416 e. The summed E-state index contributed by atoms with van der Waals surface area (Å²) in [5, 5.41) is 13.0. The van der Waals surface area contributed by atoms with Crippen LogP contribution in [0.3, 0.4) is 0 Å². The van der Waals surface area contributed by atoms with Crippen molar-refractivity contribution in [3.05, 3.63) is 66.0 Å². The van der Waals surface area contributed by atoms with Crippen LogP contribution < -0.4 is 5.32 Å². The Morgan fingerprint density at radius 1 is 1.04 bits per heavy atom. The summed E-state index contributed by atoms with van der Waals surface area (Å²) in [6.07, 6.45) is -3.07. The van der Waals surface area contributed by atoms with Crippen molar-refractivity contribution in [2.24, 2.45) is 0 Å². The Labute approximate surface area is 155 Å². The van der Waals surface area contributed by atoms with Crippen LogP contribution in [0.1, 0.15) is 15.9 Å². The summed E-state index contributed by atoms with van der Waals surface area (Å²) in [4.78, 5) is 23.8. The number of nitrogens with zero attached hydrogens (tertiary/aromatic N) is 4. The molecule has 11 heteroatoms. The predicted molar refractivity (Wildman–Crippen MR) is 89.5 cm³/mol. The number of ether oxygens (including phenoxy) is 1. The number of alkyl halides is 3. The number of anilines is 1. The summed E-state index contributed by atoms with van der Waals surface area (Å²) in [5.74, 6) is -1.41. The summed E-state index contributed by atoms with van der Waals surface area (Å²) >= 11 is 0. The zero-order valence-electron chi connectivity index (χ0n) is 14.1. The molecule has 0 atom stereocenters. The number of hydrogen-bond acceptors (Lipinski definition) is 6. The molecule has 144 valence electrons. The molecule has 1 heterocycles. The van der Waals surface area contributed by atoms with Gasteiger partial charge in [0.1, 0.15) is 6.33 Å². The molecule has 8 nitrogen and oxygen atoms in total. The minimum absolute atomic E-state index is 0.153. The van der Waals surface area contributed by atoms with Gasteiger partial charge in [-0.15, -0.1) is 5.10 Å². The molecular formula is C17H12F3N5O3. The van der Waals surface area contributed by atoms with Gasteiger partial charge in [0.25, 0.3) is 5.91 Å². The fourth-order valence-corrected chi connectivity index (χ4v) is 2.18. The Balaban J connectivity index is 1.52. The predicted octanol–water partition coefficient (Wildman–Crippen LogP) is 2.48. The molecule has 0 unspecified atom stereocenters. The van der Waals surface area contributed by atoms with E-state index < -0.39 is 30.2 Å². The topological polar surface area (TPSA) is 99.0 Å². The Morgan fingerprint density at radius 2 is 1.71 bits per heavy atom. The highest BCUT2D eigenvalue weighted by Crippen LogP contribution is 2.29. The van der Waals surface area contributed by atoms with Crippen LogP contribution in [0.25, 0.3) is 5.69 Å². The van der Waals surface area contributed by atoms with Crippen LogP contribution in [0.15, 0.2) is 54.9 Å². The van der Waals surface area contributed by atoms with Gasteiger partial charge in [-0.2, -0.15) is 13.2 Å². The summed E-state index contributed by atoms with van der Waals surface area (Å²) in [5.41, 5.74) is 0.155. The lowest BCUT2D eigenvalue weighted by Crippen LogP contribution is -2.21. The number of rotatable bonds is 5. The van der Waals surface area contributed by atoms with Crippen LogP contribution in [0.5, 0.6) is 0 Å². The minimum Gasteiger partial charge on any atom is -0.452 e. The smallest absolute Gasteiger partial charge is 0.416 e.